The molecule has 94 valence electrons. The summed E-state index contributed by atoms with van der Waals surface area (Å²) in [5.41, 5.74) is 0.708. The molecule has 0 atom stereocenters. The SMILES string of the molecule is Cc1oc(CCOc2ccccc2)nc1CC=O. The fourth-order valence-corrected chi connectivity index (χ4v) is 1.64. The van der Waals surface area contributed by atoms with Crippen LogP contribution in [-0.4, -0.2) is 17.9 Å². The summed E-state index contributed by atoms with van der Waals surface area (Å²) in [6, 6.07) is 9.59. The molecule has 0 aliphatic heterocycles. The van der Waals surface area contributed by atoms with Gasteiger partial charge in [-0.25, -0.2) is 4.98 Å². The van der Waals surface area contributed by atoms with Crippen LogP contribution in [0.4, 0.5) is 0 Å². The van der Waals surface area contributed by atoms with E-state index in [4.69, 9.17) is 9.15 Å². The van der Waals surface area contributed by atoms with E-state index in [2.05, 4.69) is 4.98 Å². The largest absolute Gasteiger partial charge is 0.493 e. The number of carbonyl (C=O) groups excluding carboxylic acids is 1. The molecule has 0 fully saturated rings. The molecule has 2 aromatic rings. The molecule has 4 heteroatoms. The fourth-order valence-electron chi connectivity index (χ4n) is 1.64. The smallest absolute Gasteiger partial charge is 0.198 e. The Balaban J connectivity index is 1.87. The van der Waals surface area contributed by atoms with Crippen LogP contribution in [0.3, 0.4) is 0 Å². The number of para-hydroxylation sites is 1. The predicted octanol–water partition coefficient (Wildman–Crippen LogP) is 2.35. The number of aryl methyl sites for hydroxylation is 1. The van der Waals surface area contributed by atoms with Crippen molar-refractivity contribution in [2.24, 2.45) is 0 Å². The lowest BCUT2D eigenvalue weighted by molar-refractivity contribution is -0.107. The van der Waals surface area contributed by atoms with Gasteiger partial charge in [-0.05, 0) is 19.1 Å². The third-order valence-corrected chi connectivity index (χ3v) is 2.54. The Bertz CT molecular complexity index is 505. The van der Waals surface area contributed by atoms with Gasteiger partial charge >= 0.3 is 0 Å². The fraction of sp³-hybridized carbons (Fsp3) is 0.286. The highest BCUT2D eigenvalue weighted by atomic mass is 16.5. The zero-order valence-electron chi connectivity index (χ0n) is 10.3. The first kappa shape index (κ1) is 12.4. The number of aldehydes is 1. The molecule has 0 aliphatic carbocycles. The van der Waals surface area contributed by atoms with Gasteiger partial charge in [0.25, 0.3) is 0 Å². The highest BCUT2D eigenvalue weighted by Crippen LogP contribution is 2.12. The highest BCUT2D eigenvalue weighted by Gasteiger charge is 2.08. The Kier molecular flexibility index (Phi) is 4.12. The summed E-state index contributed by atoms with van der Waals surface area (Å²) in [5.74, 6) is 2.14. The lowest BCUT2D eigenvalue weighted by atomic mass is 10.3. The van der Waals surface area contributed by atoms with Gasteiger partial charge in [0.2, 0.25) is 0 Å². The Hall–Kier alpha value is -2.10. The number of hydrogen-bond donors (Lipinski definition) is 0. The molecule has 0 bridgehead atoms. The van der Waals surface area contributed by atoms with Crippen LogP contribution in [0.15, 0.2) is 34.7 Å². The second-order valence-corrected chi connectivity index (χ2v) is 3.89. The zero-order chi connectivity index (χ0) is 12.8. The van der Waals surface area contributed by atoms with Crippen LogP contribution in [0.2, 0.25) is 0 Å². The van der Waals surface area contributed by atoms with E-state index in [0.717, 1.165) is 12.0 Å². The summed E-state index contributed by atoms with van der Waals surface area (Å²) in [7, 11) is 0. The first-order valence-corrected chi connectivity index (χ1v) is 5.86. The quantitative estimate of drug-likeness (QED) is 0.733. The summed E-state index contributed by atoms with van der Waals surface area (Å²) in [6.07, 6.45) is 1.72. The first-order valence-electron chi connectivity index (χ1n) is 5.86. The Labute approximate surface area is 106 Å². The summed E-state index contributed by atoms with van der Waals surface area (Å²) >= 11 is 0. The van der Waals surface area contributed by atoms with E-state index in [-0.39, 0.29) is 0 Å². The molecule has 0 N–H and O–H groups in total. The van der Waals surface area contributed by atoms with E-state index in [9.17, 15) is 4.79 Å². The molecule has 1 heterocycles. The molecule has 4 nitrogen and oxygen atoms in total. The van der Waals surface area contributed by atoms with Gasteiger partial charge in [-0.2, -0.15) is 0 Å². The second kappa shape index (κ2) is 6.00. The zero-order valence-corrected chi connectivity index (χ0v) is 10.3. The van der Waals surface area contributed by atoms with Crippen molar-refractivity contribution < 1.29 is 13.9 Å². The highest BCUT2D eigenvalue weighted by molar-refractivity contribution is 5.54. The number of benzene rings is 1. The van der Waals surface area contributed by atoms with Crippen LogP contribution in [0.5, 0.6) is 5.75 Å². The maximum atomic E-state index is 10.4. The number of oxazole rings is 1. The average Bonchev–Trinajstić information content (AvgIpc) is 2.72. The minimum absolute atomic E-state index is 0.300. The van der Waals surface area contributed by atoms with Crippen molar-refractivity contribution in [3.8, 4) is 5.75 Å². The van der Waals surface area contributed by atoms with Gasteiger partial charge in [0.1, 0.15) is 17.8 Å². The van der Waals surface area contributed by atoms with Gasteiger partial charge in [0, 0.05) is 6.42 Å². The van der Waals surface area contributed by atoms with E-state index < -0.39 is 0 Å². The van der Waals surface area contributed by atoms with Crippen molar-refractivity contribution >= 4 is 6.29 Å². The maximum Gasteiger partial charge on any atom is 0.198 e. The molecule has 0 radical (unpaired) electrons. The van der Waals surface area contributed by atoms with Crippen LogP contribution in [0, 0.1) is 6.92 Å². The third kappa shape index (κ3) is 3.20. The van der Waals surface area contributed by atoms with Gasteiger partial charge < -0.3 is 13.9 Å². The lowest BCUT2D eigenvalue weighted by Gasteiger charge is -2.03. The molecule has 0 saturated carbocycles. The molecule has 0 amide bonds. The number of hydrogen-bond acceptors (Lipinski definition) is 4. The van der Waals surface area contributed by atoms with E-state index >= 15 is 0 Å². The molecular formula is C14H15NO3. The maximum absolute atomic E-state index is 10.4. The number of ether oxygens (including phenoxy) is 1. The molecule has 0 aliphatic rings. The van der Waals surface area contributed by atoms with Crippen LogP contribution in [0.1, 0.15) is 17.3 Å². The van der Waals surface area contributed by atoms with E-state index in [1.807, 2.05) is 37.3 Å². The van der Waals surface area contributed by atoms with Crippen molar-refractivity contribution in [1.29, 1.82) is 0 Å². The van der Waals surface area contributed by atoms with Crippen molar-refractivity contribution in [2.75, 3.05) is 6.61 Å². The third-order valence-electron chi connectivity index (χ3n) is 2.54. The molecule has 0 unspecified atom stereocenters. The van der Waals surface area contributed by atoms with Crippen LogP contribution < -0.4 is 4.74 Å². The van der Waals surface area contributed by atoms with Crippen molar-refractivity contribution in [1.82, 2.24) is 4.98 Å². The van der Waals surface area contributed by atoms with Crippen molar-refractivity contribution in [3.05, 3.63) is 47.7 Å². The number of aromatic nitrogens is 1. The number of nitrogens with zero attached hydrogens (tertiary/aromatic N) is 1. The lowest BCUT2D eigenvalue weighted by Crippen LogP contribution is -2.01. The molecule has 0 spiro atoms. The minimum Gasteiger partial charge on any atom is -0.493 e. The molecule has 1 aromatic heterocycles. The monoisotopic (exact) mass is 245 g/mol. The molecule has 1 aromatic carbocycles. The molecular weight excluding hydrogens is 230 g/mol. The summed E-state index contributed by atoms with van der Waals surface area (Å²) in [5, 5.41) is 0. The number of carbonyl (C=O) groups is 1. The first-order chi connectivity index (χ1) is 8.79. The van der Waals surface area contributed by atoms with Gasteiger partial charge in [0.15, 0.2) is 5.89 Å². The van der Waals surface area contributed by atoms with Gasteiger partial charge in [-0.15, -0.1) is 0 Å². The summed E-state index contributed by atoms with van der Waals surface area (Å²) in [6.45, 7) is 2.32. The summed E-state index contributed by atoms with van der Waals surface area (Å²) in [4.78, 5) is 14.7. The van der Waals surface area contributed by atoms with Crippen molar-refractivity contribution in [2.45, 2.75) is 19.8 Å². The van der Waals surface area contributed by atoms with Crippen LogP contribution in [-0.2, 0) is 17.6 Å². The van der Waals surface area contributed by atoms with E-state index in [1.165, 1.54) is 0 Å². The molecule has 0 saturated heterocycles. The van der Waals surface area contributed by atoms with Crippen LogP contribution in [0.25, 0.3) is 0 Å². The Morgan fingerprint density at radius 2 is 2.11 bits per heavy atom. The van der Waals surface area contributed by atoms with E-state index in [0.29, 0.717) is 36.8 Å². The van der Waals surface area contributed by atoms with Gasteiger partial charge in [-0.3, -0.25) is 0 Å². The van der Waals surface area contributed by atoms with E-state index in [1.54, 1.807) is 0 Å². The minimum atomic E-state index is 0.300. The average molecular weight is 245 g/mol. The van der Waals surface area contributed by atoms with Crippen molar-refractivity contribution in [3.63, 3.8) is 0 Å². The predicted molar refractivity (Wildman–Crippen MR) is 66.6 cm³/mol. The van der Waals surface area contributed by atoms with Gasteiger partial charge in [-0.1, -0.05) is 18.2 Å². The Morgan fingerprint density at radius 1 is 1.33 bits per heavy atom. The Morgan fingerprint density at radius 3 is 2.83 bits per heavy atom. The second-order valence-electron chi connectivity index (χ2n) is 3.89. The molecule has 18 heavy (non-hydrogen) atoms. The number of rotatable bonds is 6. The summed E-state index contributed by atoms with van der Waals surface area (Å²) < 4.78 is 11.0. The van der Waals surface area contributed by atoms with Gasteiger partial charge in [0.05, 0.1) is 18.7 Å². The standard InChI is InChI=1S/C14H15NO3/c1-11-13(7-9-16)15-14(18-11)8-10-17-12-5-3-2-4-6-12/h2-6,9H,7-8,10H2,1H3. The normalized spacial score (nSPS) is 10.3. The topological polar surface area (TPSA) is 52.3 Å². The molecule has 2 rings (SSSR count). The van der Waals surface area contributed by atoms with Crippen LogP contribution >= 0.6 is 0 Å².